The van der Waals surface area contributed by atoms with Crippen LogP contribution < -0.4 is 4.74 Å². The van der Waals surface area contributed by atoms with Gasteiger partial charge in [-0.3, -0.25) is 10.1 Å². The van der Waals surface area contributed by atoms with Crippen molar-refractivity contribution in [3.63, 3.8) is 0 Å². The van der Waals surface area contributed by atoms with Crippen LogP contribution in [0.3, 0.4) is 0 Å². The second-order valence-corrected chi connectivity index (χ2v) is 4.97. The molecule has 0 radical (unpaired) electrons. The third-order valence-electron chi connectivity index (χ3n) is 2.94. The van der Waals surface area contributed by atoms with Crippen LogP contribution in [-0.2, 0) is 11.9 Å². The van der Waals surface area contributed by atoms with Crippen molar-refractivity contribution in [1.82, 2.24) is 0 Å². The molecule has 2 rings (SSSR count). The SMILES string of the molecule is Cc1cccc(CBr)c1OCc1cccc([N+](=O)[O-])c1. The summed E-state index contributed by atoms with van der Waals surface area (Å²) in [6.07, 6.45) is 0. The summed E-state index contributed by atoms with van der Waals surface area (Å²) in [7, 11) is 0. The number of benzene rings is 2. The average Bonchev–Trinajstić information content (AvgIpc) is 2.46. The molecule has 0 amide bonds. The predicted molar refractivity (Wildman–Crippen MR) is 81.2 cm³/mol. The summed E-state index contributed by atoms with van der Waals surface area (Å²) in [5.74, 6) is 0.830. The van der Waals surface area contributed by atoms with Crippen LogP contribution in [0.25, 0.3) is 0 Å². The third-order valence-corrected chi connectivity index (χ3v) is 3.55. The van der Waals surface area contributed by atoms with Gasteiger partial charge in [0.25, 0.3) is 5.69 Å². The van der Waals surface area contributed by atoms with Gasteiger partial charge in [-0.05, 0) is 18.1 Å². The Labute approximate surface area is 125 Å². The maximum absolute atomic E-state index is 10.7. The van der Waals surface area contributed by atoms with Crippen molar-refractivity contribution in [3.8, 4) is 5.75 Å². The number of ether oxygens (including phenoxy) is 1. The van der Waals surface area contributed by atoms with Crippen LogP contribution in [0.2, 0.25) is 0 Å². The zero-order valence-electron chi connectivity index (χ0n) is 11.0. The monoisotopic (exact) mass is 335 g/mol. The third kappa shape index (κ3) is 3.36. The van der Waals surface area contributed by atoms with Crippen molar-refractivity contribution < 1.29 is 9.66 Å². The quantitative estimate of drug-likeness (QED) is 0.463. The highest BCUT2D eigenvalue weighted by Crippen LogP contribution is 2.26. The molecule has 0 atom stereocenters. The van der Waals surface area contributed by atoms with E-state index in [1.165, 1.54) is 12.1 Å². The minimum Gasteiger partial charge on any atom is -0.488 e. The van der Waals surface area contributed by atoms with Gasteiger partial charge in [0.05, 0.1) is 4.92 Å². The Bertz CT molecular complexity index is 628. The molecule has 0 fully saturated rings. The molecular formula is C15H14BrNO3. The Kier molecular flexibility index (Phi) is 4.74. The van der Waals surface area contributed by atoms with Crippen molar-refractivity contribution in [1.29, 1.82) is 0 Å². The summed E-state index contributed by atoms with van der Waals surface area (Å²) in [5.41, 5.74) is 2.97. The van der Waals surface area contributed by atoms with E-state index in [1.54, 1.807) is 6.07 Å². The van der Waals surface area contributed by atoms with Gasteiger partial charge in [-0.15, -0.1) is 0 Å². The van der Waals surface area contributed by atoms with Crippen LogP contribution in [0.4, 0.5) is 5.69 Å². The van der Waals surface area contributed by atoms with Crippen LogP contribution in [0.15, 0.2) is 42.5 Å². The van der Waals surface area contributed by atoms with E-state index in [-0.39, 0.29) is 5.69 Å². The number of alkyl halides is 1. The maximum atomic E-state index is 10.7. The van der Waals surface area contributed by atoms with E-state index in [4.69, 9.17) is 4.74 Å². The molecule has 2 aromatic rings. The van der Waals surface area contributed by atoms with Crippen LogP contribution in [0.1, 0.15) is 16.7 Å². The minimum atomic E-state index is -0.402. The number of rotatable bonds is 5. The first-order chi connectivity index (χ1) is 9.61. The maximum Gasteiger partial charge on any atom is 0.269 e. The van der Waals surface area contributed by atoms with Crippen LogP contribution in [0, 0.1) is 17.0 Å². The molecule has 0 spiro atoms. The summed E-state index contributed by atoms with van der Waals surface area (Å²) < 4.78 is 5.83. The van der Waals surface area contributed by atoms with Crippen molar-refractivity contribution in [3.05, 3.63) is 69.3 Å². The number of nitrogens with zero attached hydrogens (tertiary/aromatic N) is 1. The fourth-order valence-electron chi connectivity index (χ4n) is 1.94. The summed E-state index contributed by atoms with van der Waals surface area (Å²) in [4.78, 5) is 10.3. The van der Waals surface area contributed by atoms with E-state index < -0.39 is 4.92 Å². The Morgan fingerprint density at radius 1 is 1.25 bits per heavy atom. The van der Waals surface area contributed by atoms with Crippen molar-refractivity contribution in [2.75, 3.05) is 0 Å². The van der Waals surface area contributed by atoms with E-state index >= 15 is 0 Å². The molecule has 0 heterocycles. The number of nitro groups is 1. The Hall–Kier alpha value is -1.88. The van der Waals surface area contributed by atoms with Crippen molar-refractivity contribution in [2.24, 2.45) is 0 Å². The zero-order chi connectivity index (χ0) is 14.5. The average molecular weight is 336 g/mol. The lowest BCUT2D eigenvalue weighted by Gasteiger charge is -2.12. The number of halogens is 1. The fraction of sp³-hybridized carbons (Fsp3) is 0.200. The molecule has 0 saturated carbocycles. The molecule has 0 saturated heterocycles. The van der Waals surface area contributed by atoms with E-state index in [9.17, 15) is 10.1 Å². The number of aryl methyl sites for hydroxylation is 1. The Morgan fingerprint density at radius 3 is 2.70 bits per heavy atom. The lowest BCUT2D eigenvalue weighted by atomic mass is 10.1. The van der Waals surface area contributed by atoms with Crippen molar-refractivity contribution in [2.45, 2.75) is 18.9 Å². The molecule has 0 bridgehead atoms. The molecule has 0 aliphatic heterocycles. The molecule has 2 aromatic carbocycles. The number of hydrogen-bond acceptors (Lipinski definition) is 3. The molecule has 104 valence electrons. The van der Waals surface area contributed by atoms with Crippen LogP contribution >= 0.6 is 15.9 Å². The van der Waals surface area contributed by atoms with Gasteiger partial charge in [0.15, 0.2) is 0 Å². The standard InChI is InChI=1S/C15H14BrNO3/c1-11-4-2-6-13(9-16)15(11)20-10-12-5-3-7-14(8-12)17(18)19/h2-8H,9-10H2,1H3. The van der Waals surface area contributed by atoms with Crippen LogP contribution in [0.5, 0.6) is 5.75 Å². The van der Waals surface area contributed by atoms with Gasteiger partial charge in [-0.25, -0.2) is 0 Å². The summed E-state index contributed by atoms with van der Waals surface area (Å²) in [5, 5.41) is 11.4. The second-order valence-electron chi connectivity index (χ2n) is 4.41. The zero-order valence-corrected chi connectivity index (χ0v) is 12.6. The Balaban J connectivity index is 2.17. The molecule has 4 nitrogen and oxygen atoms in total. The highest BCUT2D eigenvalue weighted by atomic mass is 79.9. The van der Waals surface area contributed by atoms with E-state index in [1.807, 2.05) is 31.2 Å². The molecule has 0 N–H and O–H groups in total. The van der Waals surface area contributed by atoms with Gasteiger partial charge in [0, 0.05) is 23.0 Å². The Morgan fingerprint density at radius 2 is 2.00 bits per heavy atom. The number of nitro benzene ring substituents is 1. The summed E-state index contributed by atoms with van der Waals surface area (Å²) in [6.45, 7) is 2.29. The number of non-ortho nitro benzene ring substituents is 1. The molecule has 0 unspecified atom stereocenters. The molecule has 20 heavy (non-hydrogen) atoms. The highest BCUT2D eigenvalue weighted by molar-refractivity contribution is 9.08. The number of hydrogen-bond donors (Lipinski definition) is 0. The first kappa shape index (κ1) is 14.5. The van der Waals surface area contributed by atoms with E-state index in [2.05, 4.69) is 15.9 Å². The van der Waals surface area contributed by atoms with Gasteiger partial charge >= 0.3 is 0 Å². The topological polar surface area (TPSA) is 52.4 Å². The highest BCUT2D eigenvalue weighted by Gasteiger charge is 2.09. The van der Waals surface area contributed by atoms with Crippen molar-refractivity contribution >= 4 is 21.6 Å². The minimum absolute atomic E-state index is 0.0802. The van der Waals surface area contributed by atoms with Gasteiger partial charge < -0.3 is 4.74 Å². The van der Waals surface area contributed by atoms with Crippen LogP contribution in [-0.4, -0.2) is 4.92 Å². The van der Waals surface area contributed by atoms with Gasteiger partial charge in [0.2, 0.25) is 0 Å². The molecule has 0 aliphatic rings. The lowest BCUT2D eigenvalue weighted by molar-refractivity contribution is -0.384. The summed E-state index contributed by atoms with van der Waals surface area (Å²) >= 11 is 3.43. The normalized spacial score (nSPS) is 10.3. The predicted octanol–water partition coefficient (Wildman–Crippen LogP) is 4.38. The smallest absolute Gasteiger partial charge is 0.269 e. The second kappa shape index (κ2) is 6.52. The van der Waals surface area contributed by atoms with Gasteiger partial charge in [-0.1, -0.05) is 46.3 Å². The van der Waals surface area contributed by atoms with E-state index in [0.29, 0.717) is 11.9 Å². The lowest BCUT2D eigenvalue weighted by Crippen LogP contribution is -2.00. The van der Waals surface area contributed by atoms with Gasteiger partial charge in [-0.2, -0.15) is 0 Å². The first-order valence-electron chi connectivity index (χ1n) is 6.12. The molecular weight excluding hydrogens is 322 g/mol. The fourth-order valence-corrected chi connectivity index (χ4v) is 2.38. The summed E-state index contributed by atoms with van der Waals surface area (Å²) in [6, 6.07) is 12.4. The molecule has 5 heteroatoms. The van der Waals surface area contributed by atoms with Gasteiger partial charge in [0.1, 0.15) is 12.4 Å². The first-order valence-corrected chi connectivity index (χ1v) is 7.24. The molecule has 0 aromatic heterocycles. The largest absolute Gasteiger partial charge is 0.488 e. The molecule has 0 aliphatic carbocycles. The number of para-hydroxylation sites is 1. The van der Waals surface area contributed by atoms with E-state index in [0.717, 1.165) is 22.4 Å².